The van der Waals surface area contributed by atoms with Gasteiger partial charge in [-0.15, -0.1) is 0 Å². The van der Waals surface area contributed by atoms with Crippen molar-refractivity contribution in [3.8, 4) is 0 Å². The molecule has 3 heteroatoms. The summed E-state index contributed by atoms with van der Waals surface area (Å²) >= 11 is 0. The van der Waals surface area contributed by atoms with Crippen LogP contribution in [0.25, 0.3) is 0 Å². The SMILES string of the molecule is CCc1ccc(CC)c(C(=O)Cc2c(F)cccc2F)c1. The van der Waals surface area contributed by atoms with Crippen LogP contribution in [-0.4, -0.2) is 5.78 Å². The van der Waals surface area contributed by atoms with Crippen LogP contribution in [0.1, 0.15) is 40.9 Å². The first kappa shape index (κ1) is 15.4. The lowest BCUT2D eigenvalue weighted by atomic mass is 9.94. The lowest BCUT2D eigenvalue weighted by molar-refractivity contribution is 0.0989. The minimum Gasteiger partial charge on any atom is -0.294 e. The fraction of sp³-hybridized carbons (Fsp3) is 0.278. The Labute approximate surface area is 123 Å². The van der Waals surface area contributed by atoms with Crippen LogP contribution >= 0.6 is 0 Å². The molecule has 0 aromatic heterocycles. The van der Waals surface area contributed by atoms with E-state index < -0.39 is 11.6 Å². The Hall–Kier alpha value is -2.03. The van der Waals surface area contributed by atoms with E-state index in [0.29, 0.717) is 12.0 Å². The highest BCUT2D eigenvalue weighted by Crippen LogP contribution is 2.19. The fourth-order valence-electron chi connectivity index (χ4n) is 2.37. The number of hydrogen-bond donors (Lipinski definition) is 0. The summed E-state index contributed by atoms with van der Waals surface area (Å²) in [5.74, 6) is -1.59. The van der Waals surface area contributed by atoms with Gasteiger partial charge in [-0.25, -0.2) is 8.78 Å². The van der Waals surface area contributed by atoms with Crippen LogP contribution < -0.4 is 0 Å². The molecule has 110 valence electrons. The normalized spacial score (nSPS) is 10.7. The monoisotopic (exact) mass is 288 g/mol. The minimum atomic E-state index is -0.673. The maximum absolute atomic E-state index is 13.7. The van der Waals surface area contributed by atoms with Gasteiger partial charge in [0, 0.05) is 17.5 Å². The zero-order valence-corrected chi connectivity index (χ0v) is 12.2. The molecule has 21 heavy (non-hydrogen) atoms. The zero-order chi connectivity index (χ0) is 15.4. The molecule has 0 heterocycles. The van der Waals surface area contributed by atoms with Crippen LogP contribution in [0.5, 0.6) is 0 Å². The highest BCUT2D eigenvalue weighted by atomic mass is 19.1. The number of hydrogen-bond acceptors (Lipinski definition) is 1. The number of rotatable bonds is 5. The number of benzene rings is 2. The van der Waals surface area contributed by atoms with E-state index in [4.69, 9.17) is 0 Å². The molecule has 2 aromatic rings. The van der Waals surface area contributed by atoms with Crippen molar-refractivity contribution in [2.45, 2.75) is 33.1 Å². The number of ketones is 1. The Morgan fingerprint density at radius 2 is 1.67 bits per heavy atom. The van der Waals surface area contributed by atoms with Crippen LogP contribution in [-0.2, 0) is 19.3 Å². The van der Waals surface area contributed by atoms with Crippen LogP contribution in [0.15, 0.2) is 36.4 Å². The molecule has 0 radical (unpaired) electrons. The van der Waals surface area contributed by atoms with Crippen molar-refractivity contribution in [1.29, 1.82) is 0 Å². The van der Waals surface area contributed by atoms with Gasteiger partial charge in [0.2, 0.25) is 0 Å². The van der Waals surface area contributed by atoms with Crippen molar-refractivity contribution in [2.24, 2.45) is 0 Å². The number of Topliss-reactive ketones (excluding diaryl/α,β-unsaturated/α-hetero) is 1. The lowest BCUT2D eigenvalue weighted by Crippen LogP contribution is -2.10. The molecule has 0 saturated carbocycles. The van der Waals surface area contributed by atoms with Gasteiger partial charge in [0.05, 0.1) is 0 Å². The summed E-state index contributed by atoms with van der Waals surface area (Å²) in [4.78, 5) is 12.4. The maximum Gasteiger partial charge on any atom is 0.167 e. The highest BCUT2D eigenvalue weighted by molar-refractivity contribution is 5.99. The molecule has 0 N–H and O–H groups in total. The molecule has 2 aromatic carbocycles. The third-order valence-electron chi connectivity index (χ3n) is 3.66. The van der Waals surface area contributed by atoms with Crippen molar-refractivity contribution in [2.75, 3.05) is 0 Å². The molecule has 0 aliphatic rings. The van der Waals surface area contributed by atoms with Crippen molar-refractivity contribution >= 4 is 5.78 Å². The van der Waals surface area contributed by atoms with Crippen molar-refractivity contribution < 1.29 is 13.6 Å². The summed E-state index contributed by atoms with van der Waals surface area (Å²) < 4.78 is 27.3. The first-order valence-electron chi connectivity index (χ1n) is 7.14. The first-order chi connectivity index (χ1) is 10.1. The molecule has 0 saturated heterocycles. The molecule has 0 unspecified atom stereocenters. The summed E-state index contributed by atoms with van der Waals surface area (Å²) in [7, 11) is 0. The quantitative estimate of drug-likeness (QED) is 0.740. The second kappa shape index (κ2) is 6.61. The molecule has 0 aliphatic heterocycles. The minimum absolute atomic E-state index is 0.161. The Morgan fingerprint density at radius 1 is 1.00 bits per heavy atom. The molecule has 0 aliphatic carbocycles. The average Bonchev–Trinajstić information content (AvgIpc) is 2.50. The second-order valence-corrected chi connectivity index (χ2v) is 5.00. The van der Waals surface area contributed by atoms with Gasteiger partial charge in [0.1, 0.15) is 11.6 Å². The van der Waals surface area contributed by atoms with Gasteiger partial charge in [0.15, 0.2) is 5.78 Å². The van der Waals surface area contributed by atoms with E-state index in [9.17, 15) is 13.6 Å². The van der Waals surface area contributed by atoms with Gasteiger partial charge in [-0.2, -0.15) is 0 Å². The molecular weight excluding hydrogens is 270 g/mol. The molecule has 0 spiro atoms. The summed E-state index contributed by atoms with van der Waals surface area (Å²) in [6.07, 6.45) is 1.28. The highest BCUT2D eigenvalue weighted by Gasteiger charge is 2.17. The number of carbonyl (C=O) groups is 1. The number of halogens is 2. The predicted octanol–water partition coefficient (Wildman–Crippen LogP) is 4.52. The van der Waals surface area contributed by atoms with Gasteiger partial charge < -0.3 is 0 Å². The summed E-state index contributed by atoms with van der Waals surface area (Å²) in [6, 6.07) is 9.39. The largest absolute Gasteiger partial charge is 0.294 e. The fourth-order valence-corrected chi connectivity index (χ4v) is 2.37. The van der Waals surface area contributed by atoms with Crippen LogP contribution in [0.4, 0.5) is 8.78 Å². The third-order valence-corrected chi connectivity index (χ3v) is 3.66. The topological polar surface area (TPSA) is 17.1 Å². The van der Waals surface area contributed by atoms with Crippen molar-refractivity contribution in [3.05, 3.63) is 70.3 Å². The number of carbonyl (C=O) groups excluding carboxylic acids is 1. The Morgan fingerprint density at radius 3 is 2.24 bits per heavy atom. The maximum atomic E-state index is 13.7. The van der Waals surface area contributed by atoms with E-state index in [-0.39, 0.29) is 17.8 Å². The van der Waals surface area contributed by atoms with E-state index in [1.165, 1.54) is 18.2 Å². The zero-order valence-electron chi connectivity index (χ0n) is 12.2. The molecule has 2 rings (SSSR count). The average molecular weight is 288 g/mol. The first-order valence-corrected chi connectivity index (χ1v) is 7.14. The summed E-state index contributed by atoms with van der Waals surface area (Å²) in [5, 5.41) is 0. The van der Waals surface area contributed by atoms with E-state index in [2.05, 4.69) is 0 Å². The van der Waals surface area contributed by atoms with E-state index in [1.807, 2.05) is 32.0 Å². The standard InChI is InChI=1S/C18H18F2O/c1-3-12-8-9-13(4-2)14(10-12)18(21)11-15-16(19)6-5-7-17(15)20/h5-10H,3-4,11H2,1-2H3. The van der Waals surface area contributed by atoms with Gasteiger partial charge in [-0.1, -0.05) is 32.0 Å². The molecule has 0 fully saturated rings. The van der Waals surface area contributed by atoms with Gasteiger partial charge in [0.25, 0.3) is 0 Å². The van der Waals surface area contributed by atoms with Gasteiger partial charge in [-0.05, 0) is 42.2 Å². The van der Waals surface area contributed by atoms with E-state index in [0.717, 1.165) is 17.5 Å². The molecule has 0 bridgehead atoms. The molecule has 1 nitrogen and oxygen atoms in total. The van der Waals surface area contributed by atoms with Crippen LogP contribution in [0, 0.1) is 11.6 Å². The lowest BCUT2D eigenvalue weighted by Gasteiger charge is -2.10. The third kappa shape index (κ3) is 3.35. The van der Waals surface area contributed by atoms with Gasteiger partial charge >= 0.3 is 0 Å². The summed E-state index contributed by atoms with van der Waals surface area (Å²) in [5.41, 5.74) is 2.37. The van der Waals surface area contributed by atoms with Crippen molar-refractivity contribution in [3.63, 3.8) is 0 Å². The smallest absolute Gasteiger partial charge is 0.167 e. The van der Waals surface area contributed by atoms with Crippen LogP contribution in [0.3, 0.4) is 0 Å². The van der Waals surface area contributed by atoms with Gasteiger partial charge in [-0.3, -0.25) is 4.79 Å². The van der Waals surface area contributed by atoms with E-state index >= 15 is 0 Å². The Kier molecular flexibility index (Phi) is 4.84. The number of aryl methyl sites for hydroxylation is 2. The molecule has 0 atom stereocenters. The van der Waals surface area contributed by atoms with Crippen LogP contribution in [0.2, 0.25) is 0 Å². The second-order valence-electron chi connectivity index (χ2n) is 5.00. The Balaban J connectivity index is 2.36. The summed E-state index contributed by atoms with van der Waals surface area (Å²) in [6.45, 7) is 3.97. The van der Waals surface area contributed by atoms with E-state index in [1.54, 1.807) is 0 Å². The molecule has 0 amide bonds. The molecular formula is C18H18F2O. The van der Waals surface area contributed by atoms with Crippen molar-refractivity contribution in [1.82, 2.24) is 0 Å². The predicted molar refractivity (Wildman–Crippen MR) is 79.6 cm³/mol. The Bertz CT molecular complexity index is 642.